The van der Waals surface area contributed by atoms with E-state index in [2.05, 4.69) is 0 Å². The molecule has 0 bridgehead atoms. The van der Waals surface area contributed by atoms with Gasteiger partial charge in [0.25, 0.3) is 5.91 Å². The number of rotatable bonds is 4. The van der Waals surface area contributed by atoms with Crippen LogP contribution in [0.15, 0.2) is 24.3 Å². The van der Waals surface area contributed by atoms with Crippen LogP contribution in [0.3, 0.4) is 0 Å². The van der Waals surface area contributed by atoms with Crippen LogP contribution in [0.5, 0.6) is 5.75 Å². The fraction of sp³-hybridized carbons (Fsp3) is 0.579. The SMILES string of the molecule is COCCN1C[C@]2(CCCN(C(=O)c3ccc(O)cc3)C2)CCC1=O. The fourth-order valence-electron chi connectivity index (χ4n) is 4.01. The van der Waals surface area contributed by atoms with Crippen molar-refractivity contribution in [3.05, 3.63) is 29.8 Å². The molecule has 2 amide bonds. The summed E-state index contributed by atoms with van der Waals surface area (Å²) in [5.41, 5.74) is 0.588. The van der Waals surface area contributed by atoms with Crippen LogP contribution in [0.2, 0.25) is 0 Å². The minimum atomic E-state index is -0.00746. The lowest BCUT2D eigenvalue weighted by atomic mass is 9.73. The lowest BCUT2D eigenvalue weighted by Gasteiger charge is -2.48. The van der Waals surface area contributed by atoms with Crippen LogP contribution in [-0.2, 0) is 9.53 Å². The topological polar surface area (TPSA) is 70.1 Å². The van der Waals surface area contributed by atoms with E-state index >= 15 is 0 Å². The number of piperidine rings is 2. The molecular formula is C19H26N2O4. The van der Waals surface area contributed by atoms with E-state index in [-0.39, 0.29) is 23.0 Å². The highest BCUT2D eigenvalue weighted by Gasteiger charge is 2.42. The maximum Gasteiger partial charge on any atom is 0.253 e. The molecule has 2 aliphatic heterocycles. The van der Waals surface area contributed by atoms with Gasteiger partial charge in [0.05, 0.1) is 6.61 Å². The number of amides is 2. The third kappa shape index (κ3) is 3.95. The summed E-state index contributed by atoms with van der Waals surface area (Å²) >= 11 is 0. The first-order chi connectivity index (χ1) is 12.0. The zero-order chi connectivity index (χ0) is 17.9. The van der Waals surface area contributed by atoms with Gasteiger partial charge in [-0.3, -0.25) is 9.59 Å². The number of hydrogen-bond donors (Lipinski definition) is 1. The Morgan fingerprint density at radius 1 is 1.24 bits per heavy atom. The van der Waals surface area contributed by atoms with Crippen molar-refractivity contribution in [2.75, 3.05) is 39.9 Å². The van der Waals surface area contributed by atoms with E-state index in [1.54, 1.807) is 31.4 Å². The van der Waals surface area contributed by atoms with E-state index in [1.807, 2.05) is 9.80 Å². The molecule has 2 aliphatic rings. The van der Waals surface area contributed by atoms with Crippen molar-refractivity contribution >= 4 is 11.8 Å². The molecular weight excluding hydrogens is 320 g/mol. The molecule has 0 aromatic heterocycles. The zero-order valence-corrected chi connectivity index (χ0v) is 14.7. The van der Waals surface area contributed by atoms with Gasteiger partial charge >= 0.3 is 0 Å². The van der Waals surface area contributed by atoms with E-state index in [1.165, 1.54) is 0 Å². The second-order valence-corrected chi connectivity index (χ2v) is 7.19. The van der Waals surface area contributed by atoms with Gasteiger partial charge in [-0.15, -0.1) is 0 Å². The summed E-state index contributed by atoms with van der Waals surface area (Å²) in [6.07, 6.45) is 3.39. The average Bonchev–Trinajstić information content (AvgIpc) is 2.63. The number of benzene rings is 1. The molecule has 0 radical (unpaired) electrons. The van der Waals surface area contributed by atoms with Gasteiger partial charge in [-0.1, -0.05) is 0 Å². The first kappa shape index (κ1) is 17.7. The Morgan fingerprint density at radius 2 is 2.00 bits per heavy atom. The average molecular weight is 346 g/mol. The van der Waals surface area contributed by atoms with Crippen LogP contribution in [0.1, 0.15) is 36.0 Å². The lowest BCUT2D eigenvalue weighted by molar-refractivity contribution is -0.139. The van der Waals surface area contributed by atoms with Crippen molar-refractivity contribution in [3.8, 4) is 5.75 Å². The number of ether oxygens (including phenoxy) is 1. The quantitative estimate of drug-likeness (QED) is 0.904. The third-order valence-corrected chi connectivity index (χ3v) is 5.38. The van der Waals surface area contributed by atoms with E-state index < -0.39 is 0 Å². The molecule has 0 saturated carbocycles. The van der Waals surface area contributed by atoms with Gasteiger partial charge in [-0.2, -0.15) is 0 Å². The maximum absolute atomic E-state index is 12.8. The number of phenols is 1. The molecule has 136 valence electrons. The molecule has 0 aliphatic carbocycles. The summed E-state index contributed by atoms with van der Waals surface area (Å²) in [5, 5.41) is 9.40. The molecule has 2 heterocycles. The Labute approximate surface area is 148 Å². The summed E-state index contributed by atoms with van der Waals surface area (Å²) in [6, 6.07) is 6.40. The normalized spacial score (nSPS) is 24.0. The second kappa shape index (κ2) is 7.44. The van der Waals surface area contributed by atoms with Crippen molar-refractivity contribution in [3.63, 3.8) is 0 Å². The number of carbonyl (C=O) groups excluding carboxylic acids is 2. The Morgan fingerprint density at radius 3 is 2.72 bits per heavy atom. The first-order valence-electron chi connectivity index (χ1n) is 8.88. The number of methoxy groups -OCH3 is 1. The predicted octanol–water partition coefficient (Wildman–Crippen LogP) is 1.88. The van der Waals surface area contributed by atoms with Crippen LogP contribution in [-0.4, -0.2) is 66.6 Å². The summed E-state index contributed by atoms with van der Waals surface area (Å²) < 4.78 is 5.12. The van der Waals surface area contributed by atoms with Crippen molar-refractivity contribution < 1.29 is 19.4 Å². The Kier molecular flexibility index (Phi) is 5.27. The lowest BCUT2D eigenvalue weighted by Crippen LogP contribution is -2.55. The smallest absolute Gasteiger partial charge is 0.253 e. The minimum absolute atomic E-state index is 0.000540. The highest BCUT2D eigenvalue weighted by Crippen LogP contribution is 2.39. The molecule has 2 fully saturated rings. The van der Waals surface area contributed by atoms with E-state index in [9.17, 15) is 14.7 Å². The largest absolute Gasteiger partial charge is 0.508 e. The Bertz CT molecular complexity index is 631. The maximum atomic E-state index is 12.8. The van der Waals surface area contributed by atoms with Gasteiger partial charge in [0.1, 0.15) is 5.75 Å². The molecule has 1 aromatic carbocycles. The monoisotopic (exact) mass is 346 g/mol. The van der Waals surface area contributed by atoms with E-state index in [0.29, 0.717) is 38.2 Å². The highest BCUT2D eigenvalue weighted by atomic mass is 16.5. The van der Waals surface area contributed by atoms with Crippen molar-refractivity contribution in [1.82, 2.24) is 9.80 Å². The molecule has 3 rings (SSSR count). The number of carbonyl (C=O) groups is 2. The number of phenolic OH excluding ortho intramolecular Hbond substituents is 1. The summed E-state index contributed by atoms with van der Waals surface area (Å²) in [5.74, 6) is 0.343. The first-order valence-corrected chi connectivity index (χ1v) is 8.88. The van der Waals surface area contributed by atoms with Gasteiger partial charge in [0, 0.05) is 50.7 Å². The number of nitrogens with zero attached hydrogens (tertiary/aromatic N) is 2. The van der Waals surface area contributed by atoms with Crippen molar-refractivity contribution in [2.45, 2.75) is 25.7 Å². The van der Waals surface area contributed by atoms with Crippen LogP contribution < -0.4 is 0 Å². The van der Waals surface area contributed by atoms with Gasteiger partial charge in [-0.25, -0.2) is 0 Å². The molecule has 1 aromatic rings. The van der Waals surface area contributed by atoms with Crippen LogP contribution >= 0.6 is 0 Å². The highest BCUT2D eigenvalue weighted by molar-refractivity contribution is 5.94. The predicted molar refractivity (Wildman–Crippen MR) is 93.4 cm³/mol. The molecule has 1 N–H and O–H groups in total. The fourth-order valence-corrected chi connectivity index (χ4v) is 4.01. The second-order valence-electron chi connectivity index (χ2n) is 7.19. The van der Waals surface area contributed by atoms with Crippen LogP contribution in [0.25, 0.3) is 0 Å². The molecule has 6 nitrogen and oxygen atoms in total. The summed E-state index contributed by atoms with van der Waals surface area (Å²) in [7, 11) is 1.64. The van der Waals surface area contributed by atoms with Gasteiger partial charge < -0.3 is 19.6 Å². The molecule has 25 heavy (non-hydrogen) atoms. The van der Waals surface area contributed by atoms with Crippen LogP contribution in [0, 0.1) is 5.41 Å². The van der Waals surface area contributed by atoms with Crippen molar-refractivity contribution in [2.24, 2.45) is 5.41 Å². The van der Waals surface area contributed by atoms with Crippen molar-refractivity contribution in [1.29, 1.82) is 0 Å². The third-order valence-electron chi connectivity index (χ3n) is 5.38. The van der Waals surface area contributed by atoms with Gasteiger partial charge in [0.2, 0.25) is 5.91 Å². The minimum Gasteiger partial charge on any atom is -0.508 e. The van der Waals surface area contributed by atoms with Gasteiger partial charge in [0.15, 0.2) is 0 Å². The Balaban J connectivity index is 1.70. The van der Waals surface area contributed by atoms with Gasteiger partial charge in [-0.05, 0) is 43.5 Å². The summed E-state index contributed by atoms with van der Waals surface area (Å²) in [4.78, 5) is 28.8. The Hall–Kier alpha value is -2.08. The standard InChI is InChI=1S/C19H26N2O4/c1-25-12-11-20-13-19(9-7-17(20)23)8-2-10-21(14-19)18(24)15-3-5-16(22)6-4-15/h3-6,22H,2,7-14H2,1H3/t19-/m0/s1. The van der Waals surface area contributed by atoms with Crippen LogP contribution in [0.4, 0.5) is 0 Å². The molecule has 6 heteroatoms. The zero-order valence-electron chi connectivity index (χ0n) is 14.7. The van der Waals surface area contributed by atoms with E-state index in [0.717, 1.165) is 25.8 Å². The molecule has 0 unspecified atom stereocenters. The molecule has 1 atom stereocenters. The molecule has 1 spiro atoms. The number of aromatic hydroxyl groups is 1. The number of likely N-dealkylation sites (tertiary alicyclic amines) is 2. The number of hydrogen-bond acceptors (Lipinski definition) is 4. The molecule has 2 saturated heterocycles. The van der Waals surface area contributed by atoms with E-state index in [4.69, 9.17) is 4.74 Å². The summed E-state index contributed by atoms with van der Waals surface area (Å²) in [6.45, 7) is 3.28.